The number of hydrogen-bond donors (Lipinski definition) is 0. The minimum atomic E-state index is 0.00556. The van der Waals surface area contributed by atoms with Crippen molar-refractivity contribution in [2.24, 2.45) is 0 Å². The quantitative estimate of drug-likeness (QED) is 0.507. The summed E-state index contributed by atoms with van der Waals surface area (Å²) in [6.45, 7) is 3.46. The molecule has 0 radical (unpaired) electrons. The average Bonchev–Trinajstić information content (AvgIpc) is 2.04. The molecule has 1 nitrogen and oxygen atoms in total. The van der Waals surface area contributed by atoms with E-state index in [2.05, 4.69) is 0 Å². The highest BCUT2D eigenvalue weighted by atomic mass is 35.5. The van der Waals surface area contributed by atoms with E-state index >= 15 is 0 Å². The summed E-state index contributed by atoms with van der Waals surface area (Å²) in [6.07, 6.45) is 0. The second-order valence-corrected chi connectivity index (χ2v) is 3.45. The zero-order chi connectivity index (χ0) is 9.14. The summed E-state index contributed by atoms with van der Waals surface area (Å²) in [5.41, 5.74) is 1.78. The first kappa shape index (κ1) is 9.27. The molecule has 0 bridgehead atoms. The lowest BCUT2D eigenvalue weighted by Gasteiger charge is -2.02. The summed E-state index contributed by atoms with van der Waals surface area (Å²) in [4.78, 5) is 10.9. The number of ketones is 1. The van der Waals surface area contributed by atoms with Gasteiger partial charge in [0.2, 0.25) is 0 Å². The molecular weight excluding hydrogens is 172 g/mol. The fourth-order valence-corrected chi connectivity index (χ4v) is 1.13. The highest BCUT2D eigenvalue weighted by molar-refractivity contribution is 6.20. The molecule has 1 aromatic carbocycles. The van der Waals surface area contributed by atoms with Crippen LogP contribution in [0.3, 0.4) is 0 Å². The van der Waals surface area contributed by atoms with E-state index in [1.165, 1.54) is 0 Å². The molecule has 0 saturated carbocycles. The summed E-state index contributed by atoms with van der Waals surface area (Å²) in [5.74, 6) is 0.0868. The number of carbonyl (C=O) groups is 1. The van der Waals surface area contributed by atoms with Crippen LogP contribution >= 0.6 is 11.6 Å². The average molecular weight is 183 g/mol. The topological polar surface area (TPSA) is 17.1 Å². The van der Waals surface area contributed by atoms with E-state index in [1.54, 1.807) is 19.1 Å². The van der Waals surface area contributed by atoms with Gasteiger partial charge in [-0.05, 0) is 19.4 Å². The van der Waals surface area contributed by atoms with Crippen molar-refractivity contribution >= 4 is 17.4 Å². The van der Waals surface area contributed by atoms with E-state index in [4.69, 9.17) is 11.6 Å². The first-order valence-electron chi connectivity index (χ1n) is 3.86. The molecule has 12 heavy (non-hydrogen) atoms. The summed E-state index contributed by atoms with van der Waals surface area (Å²) in [6, 6.07) is 7.37. The van der Waals surface area contributed by atoms with Crippen LogP contribution < -0.4 is 0 Å². The molecular formula is C10H11ClO. The van der Waals surface area contributed by atoms with Crippen molar-refractivity contribution in [3.8, 4) is 0 Å². The molecule has 1 atom stereocenters. The van der Waals surface area contributed by atoms with Crippen LogP contribution in [0.1, 0.15) is 35.1 Å². The Bertz CT molecular complexity index is 274. The Morgan fingerprint density at radius 1 is 1.33 bits per heavy atom. The molecule has 0 aliphatic heterocycles. The molecule has 0 fully saturated rings. The lowest BCUT2D eigenvalue weighted by molar-refractivity contribution is 0.101. The maximum atomic E-state index is 10.9. The highest BCUT2D eigenvalue weighted by Gasteiger charge is 2.02. The number of halogens is 1. The Morgan fingerprint density at radius 2 is 1.83 bits per heavy atom. The molecule has 1 aromatic rings. The number of alkyl halides is 1. The maximum Gasteiger partial charge on any atom is 0.159 e. The van der Waals surface area contributed by atoms with Crippen molar-refractivity contribution in [1.29, 1.82) is 0 Å². The van der Waals surface area contributed by atoms with Crippen LogP contribution in [0.15, 0.2) is 24.3 Å². The van der Waals surface area contributed by atoms with E-state index in [-0.39, 0.29) is 11.2 Å². The predicted octanol–water partition coefficient (Wildman–Crippen LogP) is 3.19. The van der Waals surface area contributed by atoms with E-state index in [9.17, 15) is 4.79 Å². The van der Waals surface area contributed by atoms with Crippen LogP contribution in [-0.2, 0) is 0 Å². The Balaban J connectivity index is 2.93. The van der Waals surface area contributed by atoms with Gasteiger partial charge in [-0.15, -0.1) is 11.6 Å². The van der Waals surface area contributed by atoms with Crippen molar-refractivity contribution in [2.45, 2.75) is 19.2 Å². The van der Waals surface area contributed by atoms with Crippen LogP contribution in [0.5, 0.6) is 0 Å². The molecule has 0 heterocycles. The monoisotopic (exact) mass is 182 g/mol. The lowest BCUT2D eigenvalue weighted by atomic mass is 10.1. The number of carbonyl (C=O) groups excluding carboxylic acids is 1. The number of hydrogen-bond acceptors (Lipinski definition) is 1. The van der Waals surface area contributed by atoms with Crippen LogP contribution in [-0.4, -0.2) is 5.78 Å². The van der Waals surface area contributed by atoms with E-state index in [1.807, 2.05) is 19.1 Å². The van der Waals surface area contributed by atoms with Crippen molar-refractivity contribution in [1.82, 2.24) is 0 Å². The Morgan fingerprint density at radius 3 is 2.17 bits per heavy atom. The second kappa shape index (κ2) is 3.72. The van der Waals surface area contributed by atoms with Gasteiger partial charge in [0.15, 0.2) is 5.78 Å². The molecule has 2 heteroatoms. The van der Waals surface area contributed by atoms with E-state index in [0.717, 1.165) is 11.1 Å². The third kappa shape index (κ3) is 2.08. The van der Waals surface area contributed by atoms with Gasteiger partial charge in [-0.2, -0.15) is 0 Å². The molecule has 0 aliphatic carbocycles. The van der Waals surface area contributed by atoms with Crippen molar-refractivity contribution in [2.75, 3.05) is 0 Å². The van der Waals surface area contributed by atoms with Gasteiger partial charge in [0.25, 0.3) is 0 Å². The Hall–Kier alpha value is -0.820. The van der Waals surface area contributed by atoms with Gasteiger partial charge in [0, 0.05) is 5.56 Å². The molecule has 1 rings (SSSR count). The summed E-state index contributed by atoms with van der Waals surface area (Å²) >= 11 is 5.85. The van der Waals surface area contributed by atoms with Gasteiger partial charge in [-0.25, -0.2) is 0 Å². The molecule has 0 aliphatic rings. The zero-order valence-electron chi connectivity index (χ0n) is 7.17. The van der Waals surface area contributed by atoms with Crippen molar-refractivity contribution in [3.05, 3.63) is 35.4 Å². The van der Waals surface area contributed by atoms with Crippen LogP contribution in [0.25, 0.3) is 0 Å². The minimum Gasteiger partial charge on any atom is -0.295 e. The number of rotatable bonds is 2. The first-order valence-corrected chi connectivity index (χ1v) is 4.30. The van der Waals surface area contributed by atoms with Crippen LogP contribution in [0.4, 0.5) is 0 Å². The number of Topliss-reactive ketones (excluding diaryl/α,β-unsaturated/α-hetero) is 1. The standard InChI is InChI=1S/C10H11ClO/c1-7(11)9-3-5-10(6-4-9)8(2)12/h3-7H,1-2H3. The normalized spacial score (nSPS) is 12.6. The minimum absolute atomic E-state index is 0.00556. The molecule has 0 spiro atoms. The molecule has 0 aromatic heterocycles. The van der Waals surface area contributed by atoms with E-state index in [0.29, 0.717) is 0 Å². The Labute approximate surface area is 77.4 Å². The largest absolute Gasteiger partial charge is 0.295 e. The highest BCUT2D eigenvalue weighted by Crippen LogP contribution is 2.19. The molecule has 1 unspecified atom stereocenters. The predicted molar refractivity (Wildman–Crippen MR) is 50.7 cm³/mol. The number of benzene rings is 1. The van der Waals surface area contributed by atoms with Crippen LogP contribution in [0.2, 0.25) is 0 Å². The smallest absolute Gasteiger partial charge is 0.159 e. The Kier molecular flexibility index (Phi) is 2.88. The lowest BCUT2D eigenvalue weighted by Crippen LogP contribution is -1.92. The van der Waals surface area contributed by atoms with Gasteiger partial charge in [-0.1, -0.05) is 24.3 Å². The molecule has 0 N–H and O–H groups in total. The van der Waals surface area contributed by atoms with Crippen LogP contribution in [0, 0.1) is 0 Å². The third-order valence-corrected chi connectivity index (χ3v) is 2.03. The first-order chi connectivity index (χ1) is 5.61. The van der Waals surface area contributed by atoms with Crippen molar-refractivity contribution < 1.29 is 4.79 Å². The summed E-state index contributed by atoms with van der Waals surface area (Å²) < 4.78 is 0. The zero-order valence-corrected chi connectivity index (χ0v) is 7.93. The fraction of sp³-hybridized carbons (Fsp3) is 0.300. The van der Waals surface area contributed by atoms with E-state index < -0.39 is 0 Å². The van der Waals surface area contributed by atoms with Gasteiger partial charge >= 0.3 is 0 Å². The fourth-order valence-electron chi connectivity index (χ4n) is 0.983. The van der Waals surface area contributed by atoms with Gasteiger partial charge < -0.3 is 0 Å². The third-order valence-electron chi connectivity index (χ3n) is 1.78. The van der Waals surface area contributed by atoms with Crippen molar-refractivity contribution in [3.63, 3.8) is 0 Å². The molecule has 64 valence electrons. The molecule has 0 saturated heterocycles. The van der Waals surface area contributed by atoms with Gasteiger partial charge in [0.1, 0.15) is 0 Å². The molecule has 0 amide bonds. The maximum absolute atomic E-state index is 10.9. The SMILES string of the molecule is CC(=O)c1ccc(C(C)Cl)cc1. The van der Waals surface area contributed by atoms with Gasteiger partial charge in [-0.3, -0.25) is 4.79 Å². The summed E-state index contributed by atoms with van der Waals surface area (Å²) in [5, 5.41) is 0.00556. The van der Waals surface area contributed by atoms with Gasteiger partial charge in [0.05, 0.1) is 5.38 Å². The summed E-state index contributed by atoms with van der Waals surface area (Å²) in [7, 11) is 0. The second-order valence-electron chi connectivity index (χ2n) is 2.79.